The van der Waals surface area contributed by atoms with Crippen LogP contribution in [0.25, 0.3) is 10.9 Å². The molecule has 0 radical (unpaired) electrons. The minimum absolute atomic E-state index is 0.162. The number of pyridine rings is 1. The second kappa shape index (κ2) is 4.18. The number of rotatable bonds is 2. The molecule has 96 valence electrons. The van der Waals surface area contributed by atoms with Crippen molar-refractivity contribution in [3.05, 3.63) is 40.4 Å². The van der Waals surface area contributed by atoms with Gasteiger partial charge in [0.05, 0.1) is 5.52 Å². The summed E-state index contributed by atoms with van der Waals surface area (Å²) < 4.78 is 40.0. The van der Waals surface area contributed by atoms with Crippen LogP contribution in [0.15, 0.2) is 34.1 Å². The molecule has 0 saturated carbocycles. The number of sulfonamides is 1. The van der Waals surface area contributed by atoms with Gasteiger partial charge in [0.15, 0.2) is 0 Å². The first-order chi connectivity index (χ1) is 8.36. The maximum Gasteiger partial charge on any atom is 0.245 e. The van der Waals surface area contributed by atoms with Gasteiger partial charge < -0.3 is 4.57 Å². The zero-order chi connectivity index (χ0) is 13.5. The van der Waals surface area contributed by atoms with E-state index in [0.717, 1.165) is 6.07 Å². The van der Waals surface area contributed by atoms with Crippen molar-refractivity contribution < 1.29 is 12.8 Å². The molecule has 1 N–H and O–H groups in total. The van der Waals surface area contributed by atoms with Gasteiger partial charge in [-0.05, 0) is 25.2 Å². The Hall–Kier alpha value is -1.73. The van der Waals surface area contributed by atoms with E-state index in [0.29, 0.717) is 5.52 Å². The van der Waals surface area contributed by atoms with E-state index < -0.39 is 21.3 Å². The SMILES string of the molecule is CNS(=O)(=O)c1cn(C)c2cc(F)ccc2c1=O. The molecule has 0 spiro atoms. The Morgan fingerprint density at radius 3 is 2.61 bits per heavy atom. The third kappa shape index (κ3) is 1.91. The van der Waals surface area contributed by atoms with Crippen LogP contribution in [0.2, 0.25) is 0 Å². The van der Waals surface area contributed by atoms with Crippen molar-refractivity contribution in [3.8, 4) is 0 Å². The lowest BCUT2D eigenvalue weighted by atomic mass is 10.2. The summed E-state index contributed by atoms with van der Waals surface area (Å²) in [6.07, 6.45) is 1.18. The summed E-state index contributed by atoms with van der Waals surface area (Å²) in [4.78, 5) is 11.7. The van der Waals surface area contributed by atoms with E-state index in [2.05, 4.69) is 4.72 Å². The highest BCUT2D eigenvalue weighted by Gasteiger charge is 2.19. The minimum Gasteiger partial charge on any atom is -0.349 e. The quantitative estimate of drug-likeness (QED) is 0.868. The van der Waals surface area contributed by atoms with E-state index in [4.69, 9.17) is 0 Å². The zero-order valence-electron chi connectivity index (χ0n) is 9.77. The summed E-state index contributed by atoms with van der Waals surface area (Å²) in [6.45, 7) is 0. The molecule has 0 bridgehead atoms. The Morgan fingerprint density at radius 2 is 2.00 bits per heavy atom. The molecule has 2 rings (SSSR count). The van der Waals surface area contributed by atoms with E-state index in [1.807, 2.05) is 0 Å². The van der Waals surface area contributed by atoms with Crippen molar-refractivity contribution in [1.82, 2.24) is 9.29 Å². The van der Waals surface area contributed by atoms with Gasteiger partial charge in [-0.1, -0.05) is 0 Å². The molecule has 7 heteroatoms. The van der Waals surface area contributed by atoms with Crippen LogP contribution in [0.5, 0.6) is 0 Å². The van der Waals surface area contributed by atoms with Gasteiger partial charge in [0, 0.05) is 18.6 Å². The topological polar surface area (TPSA) is 68.2 Å². The molecule has 0 aliphatic carbocycles. The predicted molar refractivity (Wildman–Crippen MR) is 65.4 cm³/mol. The molecule has 0 aliphatic rings. The third-order valence-corrected chi connectivity index (χ3v) is 4.08. The first-order valence-corrected chi connectivity index (χ1v) is 6.57. The lowest BCUT2D eigenvalue weighted by Gasteiger charge is -2.09. The molecule has 0 aliphatic heterocycles. The fourth-order valence-electron chi connectivity index (χ4n) is 1.73. The molecule has 0 saturated heterocycles. The van der Waals surface area contributed by atoms with Gasteiger partial charge in [0.25, 0.3) is 0 Å². The molecule has 0 fully saturated rings. The summed E-state index contributed by atoms with van der Waals surface area (Å²) in [7, 11) is -1.05. The molecule has 1 aromatic heterocycles. The van der Waals surface area contributed by atoms with Crippen LogP contribution >= 0.6 is 0 Å². The smallest absolute Gasteiger partial charge is 0.245 e. The van der Waals surface area contributed by atoms with Crippen molar-refractivity contribution in [2.24, 2.45) is 7.05 Å². The van der Waals surface area contributed by atoms with Gasteiger partial charge in [-0.2, -0.15) is 0 Å². The summed E-state index contributed by atoms with van der Waals surface area (Å²) >= 11 is 0. The lowest BCUT2D eigenvalue weighted by molar-refractivity contribution is 0.586. The Labute approximate surface area is 103 Å². The third-order valence-electron chi connectivity index (χ3n) is 2.68. The predicted octanol–water partition coefficient (Wildman–Crippen LogP) is 0.586. The molecule has 2 aromatic rings. The summed E-state index contributed by atoms with van der Waals surface area (Å²) in [6, 6.07) is 3.59. The number of aromatic nitrogens is 1. The number of halogens is 1. The highest BCUT2D eigenvalue weighted by Crippen LogP contribution is 2.14. The molecule has 0 atom stereocenters. The van der Waals surface area contributed by atoms with Gasteiger partial charge >= 0.3 is 0 Å². The molecule has 1 aromatic carbocycles. The average Bonchev–Trinajstić information content (AvgIpc) is 2.33. The van der Waals surface area contributed by atoms with Gasteiger partial charge in [-0.15, -0.1) is 0 Å². The van der Waals surface area contributed by atoms with Crippen LogP contribution in [0, 0.1) is 5.82 Å². The zero-order valence-corrected chi connectivity index (χ0v) is 10.6. The maximum atomic E-state index is 13.1. The fraction of sp³-hybridized carbons (Fsp3) is 0.182. The van der Waals surface area contributed by atoms with Crippen molar-refractivity contribution in [3.63, 3.8) is 0 Å². The summed E-state index contributed by atoms with van der Waals surface area (Å²) in [5, 5.41) is 0.162. The van der Waals surface area contributed by atoms with Crippen LogP contribution < -0.4 is 10.2 Å². The molecule has 0 amide bonds. The Morgan fingerprint density at radius 1 is 1.33 bits per heavy atom. The van der Waals surface area contributed by atoms with Crippen molar-refractivity contribution >= 4 is 20.9 Å². The van der Waals surface area contributed by atoms with E-state index in [1.165, 1.54) is 29.9 Å². The molecule has 0 unspecified atom stereocenters. The largest absolute Gasteiger partial charge is 0.349 e. The highest BCUT2D eigenvalue weighted by atomic mass is 32.2. The minimum atomic E-state index is -3.83. The number of fused-ring (bicyclic) bond motifs is 1. The van der Waals surface area contributed by atoms with Gasteiger partial charge in [-0.25, -0.2) is 17.5 Å². The Kier molecular flexibility index (Phi) is 2.95. The number of nitrogens with zero attached hydrogens (tertiary/aromatic N) is 1. The second-order valence-electron chi connectivity index (χ2n) is 3.80. The standard InChI is InChI=1S/C11H11FN2O3S/c1-13-18(16,17)10-6-14(2)9-5-7(12)3-4-8(9)11(10)15/h3-6,13H,1-2H3. The first kappa shape index (κ1) is 12.7. The second-order valence-corrected chi connectivity index (χ2v) is 5.66. The fourth-order valence-corrected chi connectivity index (χ4v) is 2.60. The van der Waals surface area contributed by atoms with E-state index in [9.17, 15) is 17.6 Å². The molecular weight excluding hydrogens is 259 g/mol. The van der Waals surface area contributed by atoms with E-state index in [-0.39, 0.29) is 10.3 Å². The van der Waals surface area contributed by atoms with Gasteiger partial charge in [-0.3, -0.25) is 4.79 Å². The molecule has 18 heavy (non-hydrogen) atoms. The Balaban J connectivity index is 2.95. The normalized spacial score (nSPS) is 11.9. The van der Waals surface area contributed by atoms with Crippen LogP contribution in [-0.4, -0.2) is 20.0 Å². The highest BCUT2D eigenvalue weighted by molar-refractivity contribution is 7.89. The van der Waals surface area contributed by atoms with Crippen LogP contribution in [0.3, 0.4) is 0 Å². The maximum absolute atomic E-state index is 13.1. The van der Waals surface area contributed by atoms with Crippen LogP contribution in [-0.2, 0) is 17.1 Å². The van der Waals surface area contributed by atoms with Gasteiger partial charge in [0.1, 0.15) is 10.7 Å². The van der Waals surface area contributed by atoms with E-state index >= 15 is 0 Å². The number of hydrogen-bond donors (Lipinski definition) is 1. The van der Waals surface area contributed by atoms with Crippen molar-refractivity contribution in [1.29, 1.82) is 0 Å². The van der Waals surface area contributed by atoms with Gasteiger partial charge in [0.2, 0.25) is 15.5 Å². The number of hydrogen-bond acceptors (Lipinski definition) is 3. The monoisotopic (exact) mass is 270 g/mol. The molecular formula is C11H11FN2O3S. The van der Waals surface area contributed by atoms with E-state index in [1.54, 1.807) is 7.05 Å². The Bertz CT molecular complexity index is 781. The number of nitrogens with one attached hydrogen (secondary N) is 1. The van der Waals surface area contributed by atoms with Crippen LogP contribution in [0.4, 0.5) is 4.39 Å². The number of aryl methyl sites for hydroxylation is 1. The molecule has 5 nitrogen and oxygen atoms in total. The van der Waals surface area contributed by atoms with Crippen molar-refractivity contribution in [2.75, 3.05) is 7.05 Å². The van der Waals surface area contributed by atoms with Crippen LogP contribution in [0.1, 0.15) is 0 Å². The number of benzene rings is 1. The summed E-state index contributed by atoms with van der Waals surface area (Å²) in [5.74, 6) is -0.485. The lowest BCUT2D eigenvalue weighted by Crippen LogP contribution is -2.26. The van der Waals surface area contributed by atoms with Crippen molar-refractivity contribution in [2.45, 2.75) is 4.90 Å². The first-order valence-electron chi connectivity index (χ1n) is 5.09. The summed E-state index contributed by atoms with van der Waals surface area (Å²) in [5.41, 5.74) is -0.299. The molecule has 1 heterocycles. The average molecular weight is 270 g/mol.